The van der Waals surface area contributed by atoms with Gasteiger partial charge in [0.2, 0.25) is 0 Å². The molecule has 0 atom stereocenters. The second-order valence-electron chi connectivity index (χ2n) is 1.92. The Kier molecular flexibility index (Phi) is 2.85. The lowest BCUT2D eigenvalue weighted by Crippen LogP contribution is -1.92. The van der Waals surface area contributed by atoms with Crippen molar-refractivity contribution in [3.63, 3.8) is 0 Å². The topological polar surface area (TPSA) is 25.8 Å². The van der Waals surface area contributed by atoms with Gasteiger partial charge in [-0.05, 0) is 0 Å². The molecule has 4 heteroatoms. The van der Waals surface area contributed by atoms with Crippen LogP contribution in [0.15, 0.2) is 18.9 Å². The smallest absolute Gasteiger partial charge is 0.151 e. The highest BCUT2D eigenvalue weighted by molar-refractivity contribution is 6.41. The minimum atomic E-state index is 0.290. The van der Waals surface area contributed by atoms with E-state index < -0.39 is 0 Å². The van der Waals surface area contributed by atoms with Crippen molar-refractivity contribution in [3.8, 4) is 0 Å². The van der Waals surface area contributed by atoms with E-state index in [9.17, 15) is 0 Å². The van der Waals surface area contributed by atoms with Crippen molar-refractivity contribution in [3.05, 3.63) is 34.9 Å². The van der Waals surface area contributed by atoms with Crippen molar-refractivity contribution >= 4 is 23.2 Å². The Balaban J connectivity index is 2.95. The van der Waals surface area contributed by atoms with Crippen molar-refractivity contribution in [2.45, 2.75) is 6.42 Å². The SMILES string of the molecule is C=CCc1ncc(Cl)c(Cl)n1. The number of halogens is 2. The van der Waals surface area contributed by atoms with Crippen molar-refractivity contribution in [1.29, 1.82) is 0 Å². The molecule has 1 rings (SSSR count). The van der Waals surface area contributed by atoms with Crippen molar-refractivity contribution < 1.29 is 0 Å². The van der Waals surface area contributed by atoms with Crippen molar-refractivity contribution in [1.82, 2.24) is 9.97 Å². The summed E-state index contributed by atoms with van der Waals surface area (Å²) in [5.41, 5.74) is 0. The molecule has 0 aliphatic rings. The van der Waals surface area contributed by atoms with E-state index in [1.165, 1.54) is 6.20 Å². The van der Waals surface area contributed by atoms with E-state index in [0.717, 1.165) is 0 Å². The van der Waals surface area contributed by atoms with Crippen molar-refractivity contribution in [2.75, 3.05) is 0 Å². The molecule has 0 N–H and O–H groups in total. The molecule has 0 aliphatic carbocycles. The van der Waals surface area contributed by atoms with Gasteiger partial charge >= 0.3 is 0 Å². The van der Waals surface area contributed by atoms with Gasteiger partial charge < -0.3 is 0 Å². The lowest BCUT2D eigenvalue weighted by Gasteiger charge is -1.96. The van der Waals surface area contributed by atoms with E-state index in [1.807, 2.05) is 0 Å². The zero-order valence-corrected chi connectivity index (χ0v) is 7.23. The summed E-state index contributed by atoms with van der Waals surface area (Å²) in [6, 6.07) is 0. The minimum Gasteiger partial charge on any atom is -0.239 e. The van der Waals surface area contributed by atoms with E-state index in [2.05, 4.69) is 16.5 Å². The van der Waals surface area contributed by atoms with Crippen LogP contribution in [0.4, 0.5) is 0 Å². The van der Waals surface area contributed by atoms with E-state index in [0.29, 0.717) is 22.4 Å². The third kappa shape index (κ3) is 2.17. The quantitative estimate of drug-likeness (QED) is 0.527. The largest absolute Gasteiger partial charge is 0.239 e. The Bertz CT molecular complexity index is 273. The summed E-state index contributed by atoms with van der Waals surface area (Å²) in [6.45, 7) is 3.55. The van der Waals surface area contributed by atoms with Gasteiger partial charge in [0.05, 0.1) is 11.2 Å². The van der Waals surface area contributed by atoms with Gasteiger partial charge in [-0.1, -0.05) is 29.3 Å². The molecule has 0 aliphatic heterocycles. The molecule has 0 fully saturated rings. The van der Waals surface area contributed by atoms with Gasteiger partial charge in [-0.3, -0.25) is 0 Å². The molecule has 0 aromatic carbocycles. The van der Waals surface area contributed by atoms with Crippen LogP contribution in [-0.2, 0) is 6.42 Å². The molecule has 2 nitrogen and oxygen atoms in total. The predicted octanol–water partition coefficient (Wildman–Crippen LogP) is 2.51. The standard InChI is InChI=1S/C7H6Cl2N2/c1-2-3-6-10-4-5(8)7(9)11-6/h2,4H,1,3H2. The summed E-state index contributed by atoms with van der Waals surface area (Å²) in [6.07, 6.45) is 3.80. The molecule has 0 saturated heterocycles. The van der Waals surface area contributed by atoms with E-state index in [1.54, 1.807) is 6.08 Å². The first kappa shape index (κ1) is 8.50. The number of hydrogen-bond donors (Lipinski definition) is 0. The highest BCUT2D eigenvalue weighted by Gasteiger charge is 1.99. The molecule has 11 heavy (non-hydrogen) atoms. The Morgan fingerprint density at radius 1 is 1.55 bits per heavy atom. The van der Waals surface area contributed by atoms with Gasteiger partial charge in [0.1, 0.15) is 5.82 Å². The monoisotopic (exact) mass is 188 g/mol. The predicted molar refractivity (Wildman–Crippen MR) is 46.0 cm³/mol. The lowest BCUT2D eigenvalue weighted by atomic mass is 10.4. The molecule has 0 radical (unpaired) electrons. The van der Waals surface area contributed by atoms with Crippen LogP contribution in [0.25, 0.3) is 0 Å². The average Bonchev–Trinajstić information content (AvgIpc) is 1.98. The Labute approximate surface area is 74.9 Å². The maximum absolute atomic E-state index is 5.63. The van der Waals surface area contributed by atoms with Gasteiger partial charge in [-0.25, -0.2) is 9.97 Å². The summed E-state index contributed by atoms with van der Waals surface area (Å²) in [5.74, 6) is 0.634. The van der Waals surface area contributed by atoms with E-state index in [4.69, 9.17) is 23.2 Å². The first-order chi connectivity index (χ1) is 5.24. The van der Waals surface area contributed by atoms with Gasteiger partial charge in [0.15, 0.2) is 5.15 Å². The molecule has 0 saturated carbocycles. The molecule has 1 heterocycles. The molecule has 0 bridgehead atoms. The van der Waals surface area contributed by atoms with Gasteiger partial charge in [0.25, 0.3) is 0 Å². The zero-order chi connectivity index (χ0) is 8.27. The van der Waals surface area contributed by atoms with Crippen LogP contribution in [0.5, 0.6) is 0 Å². The maximum atomic E-state index is 5.63. The fraction of sp³-hybridized carbons (Fsp3) is 0.143. The van der Waals surface area contributed by atoms with Crippen LogP contribution in [0.1, 0.15) is 5.82 Å². The molecule has 0 spiro atoms. The number of hydrogen-bond acceptors (Lipinski definition) is 2. The third-order valence-electron chi connectivity index (χ3n) is 1.08. The minimum absolute atomic E-state index is 0.290. The fourth-order valence-corrected chi connectivity index (χ4v) is 0.845. The molecule has 0 unspecified atom stereocenters. The molecular weight excluding hydrogens is 183 g/mol. The molecule has 0 amide bonds. The van der Waals surface area contributed by atoms with Gasteiger partial charge in [-0.15, -0.1) is 6.58 Å². The Morgan fingerprint density at radius 3 is 2.82 bits per heavy atom. The van der Waals surface area contributed by atoms with Crippen LogP contribution in [0, 0.1) is 0 Å². The zero-order valence-electron chi connectivity index (χ0n) is 5.72. The fourth-order valence-electron chi connectivity index (χ4n) is 0.607. The van der Waals surface area contributed by atoms with E-state index in [-0.39, 0.29) is 0 Å². The summed E-state index contributed by atoms with van der Waals surface area (Å²) < 4.78 is 0. The Morgan fingerprint density at radius 2 is 2.27 bits per heavy atom. The highest BCUT2D eigenvalue weighted by Crippen LogP contribution is 2.17. The summed E-state index contributed by atoms with van der Waals surface area (Å²) in [5, 5.41) is 0.665. The lowest BCUT2D eigenvalue weighted by molar-refractivity contribution is 0.991. The normalized spacial score (nSPS) is 9.64. The number of rotatable bonds is 2. The summed E-state index contributed by atoms with van der Waals surface area (Å²) in [7, 11) is 0. The second-order valence-corrected chi connectivity index (χ2v) is 2.68. The molecule has 1 aromatic heterocycles. The van der Waals surface area contributed by atoms with Crippen molar-refractivity contribution in [2.24, 2.45) is 0 Å². The Hall–Kier alpha value is -0.600. The van der Waals surface area contributed by atoms with Crippen LogP contribution < -0.4 is 0 Å². The maximum Gasteiger partial charge on any atom is 0.151 e. The summed E-state index contributed by atoms with van der Waals surface area (Å²) >= 11 is 11.2. The van der Waals surface area contributed by atoms with Crippen LogP contribution in [-0.4, -0.2) is 9.97 Å². The van der Waals surface area contributed by atoms with Gasteiger partial charge in [-0.2, -0.15) is 0 Å². The average molecular weight is 189 g/mol. The highest BCUT2D eigenvalue weighted by atomic mass is 35.5. The molecular formula is C7H6Cl2N2. The van der Waals surface area contributed by atoms with Gasteiger partial charge in [0, 0.05) is 6.42 Å². The number of allylic oxidation sites excluding steroid dienone is 1. The van der Waals surface area contributed by atoms with Crippen LogP contribution in [0.3, 0.4) is 0 Å². The van der Waals surface area contributed by atoms with Crippen LogP contribution in [0.2, 0.25) is 10.2 Å². The number of nitrogens with zero attached hydrogens (tertiary/aromatic N) is 2. The molecule has 1 aromatic rings. The first-order valence-corrected chi connectivity index (χ1v) is 3.77. The second kappa shape index (κ2) is 3.69. The van der Waals surface area contributed by atoms with E-state index >= 15 is 0 Å². The number of aromatic nitrogens is 2. The summed E-state index contributed by atoms with van der Waals surface area (Å²) in [4.78, 5) is 7.84. The van der Waals surface area contributed by atoms with Crippen LogP contribution >= 0.6 is 23.2 Å². The third-order valence-corrected chi connectivity index (χ3v) is 1.74. The first-order valence-electron chi connectivity index (χ1n) is 3.02. The molecule has 58 valence electrons.